The van der Waals surface area contributed by atoms with Crippen molar-refractivity contribution in [2.75, 3.05) is 19.9 Å². The average molecular weight is 405 g/mol. The third kappa shape index (κ3) is 3.80. The van der Waals surface area contributed by atoms with E-state index in [1.54, 1.807) is 0 Å². The number of amides is 2. The fourth-order valence-corrected chi connectivity index (χ4v) is 3.90. The molecule has 2 aromatic carbocycles. The number of hydrogen-bond acceptors (Lipinski definition) is 5. The van der Waals surface area contributed by atoms with Crippen molar-refractivity contribution in [1.29, 1.82) is 0 Å². The molecule has 2 aliphatic heterocycles. The summed E-state index contributed by atoms with van der Waals surface area (Å²) in [5, 5.41) is 10.4. The number of rotatable bonds is 4. The van der Waals surface area contributed by atoms with Crippen LogP contribution in [-0.4, -0.2) is 46.0 Å². The normalized spacial score (nSPS) is 17.7. The number of urea groups is 1. The van der Waals surface area contributed by atoms with Gasteiger partial charge in [-0.05, 0) is 30.5 Å². The molecule has 1 aromatic heterocycles. The summed E-state index contributed by atoms with van der Waals surface area (Å²) in [6.45, 7) is 2.05. The van der Waals surface area contributed by atoms with Crippen molar-refractivity contribution in [1.82, 2.24) is 25.4 Å². The molecule has 3 aromatic rings. The molecule has 1 fully saturated rings. The minimum Gasteiger partial charge on any atom is -0.454 e. The zero-order chi connectivity index (χ0) is 20.3. The number of carbonyl (C=O) groups excluding carboxylic acids is 1. The lowest BCUT2D eigenvalue weighted by molar-refractivity contribution is 0.173. The second-order valence-corrected chi connectivity index (χ2v) is 7.54. The molecule has 2 amide bonds. The van der Waals surface area contributed by atoms with Crippen molar-refractivity contribution >= 4 is 6.03 Å². The summed E-state index contributed by atoms with van der Waals surface area (Å²) in [6.07, 6.45) is 1.92. The molecule has 8 heteroatoms. The number of benzene rings is 2. The van der Waals surface area contributed by atoms with Crippen LogP contribution < -0.4 is 14.8 Å². The maximum absolute atomic E-state index is 12.7. The second kappa shape index (κ2) is 8.06. The molecule has 8 nitrogen and oxygen atoms in total. The number of piperidine rings is 1. The van der Waals surface area contributed by atoms with Crippen LogP contribution in [-0.2, 0) is 6.54 Å². The van der Waals surface area contributed by atoms with Crippen LogP contribution >= 0.6 is 0 Å². The van der Waals surface area contributed by atoms with Gasteiger partial charge in [-0.25, -0.2) is 9.78 Å². The predicted molar refractivity (Wildman–Crippen MR) is 110 cm³/mol. The number of ether oxygens (including phenoxy) is 2. The molecule has 0 saturated carbocycles. The maximum atomic E-state index is 12.7. The van der Waals surface area contributed by atoms with Gasteiger partial charge in [-0.2, -0.15) is 5.10 Å². The lowest BCUT2D eigenvalue weighted by Gasteiger charge is -2.31. The van der Waals surface area contributed by atoms with Crippen LogP contribution in [0.2, 0.25) is 0 Å². The summed E-state index contributed by atoms with van der Waals surface area (Å²) in [4.78, 5) is 19.2. The molecule has 1 atom stereocenters. The van der Waals surface area contributed by atoms with Crippen LogP contribution in [0.5, 0.6) is 11.5 Å². The van der Waals surface area contributed by atoms with Gasteiger partial charge in [0.2, 0.25) is 6.79 Å². The van der Waals surface area contributed by atoms with E-state index in [4.69, 9.17) is 9.47 Å². The van der Waals surface area contributed by atoms with Crippen molar-refractivity contribution in [3.05, 3.63) is 59.9 Å². The van der Waals surface area contributed by atoms with Gasteiger partial charge < -0.3 is 19.7 Å². The molecule has 2 aliphatic rings. The van der Waals surface area contributed by atoms with Gasteiger partial charge in [0.15, 0.2) is 17.3 Å². The van der Waals surface area contributed by atoms with Gasteiger partial charge in [-0.15, -0.1) is 0 Å². The Bertz CT molecular complexity index is 1040. The van der Waals surface area contributed by atoms with Crippen molar-refractivity contribution in [2.24, 2.45) is 0 Å². The number of carbonyl (C=O) groups is 1. The highest BCUT2D eigenvalue weighted by atomic mass is 16.7. The van der Waals surface area contributed by atoms with E-state index < -0.39 is 0 Å². The second-order valence-electron chi connectivity index (χ2n) is 7.54. The van der Waals surface area contributed by atoms with Crippen LogP contribution in [0.3, 0.4) is 0 Å². The molecule has 3 heterocycles. The molecule has 1 saturated heterocycles. The molecule has 0 radical (unpaired) electrons. The van der Waals surface area contributed by atoms with E-state index in [2.05, 4.69) is 20.5 Å². The molecule has 30 heavy (non-hydrogen) atoms. The maximum Gasteiger partial charge on any atom is 0.317 e. The van der Waals surface area contributed by atoms with E-state index in [1.165, 1.54) is 0 Å². The first-order valence-corrected chi connectivity index (χ1v) is 10.2. The highest BCUT2D eigenvalue weighted by Gasteiger charge is 2.27. The molecular formula is C22H23N5O3. The predicted octanol–water partition coefficient (Wildman–Crippen LogP) is 3.29. The summed E-state index contributed by atoms with van der Waals surface area (Å²) < 4.78 is 10.7. The monoisotopic (exact) mass is 405 g/mol. The number of aromatic amines is 1. The highest BCUT2D eigenvalue weighted by molar-refractivity contribution is 5.74. The Morgan fingerprint density at radius 1 is 1.17 bits per heavy atom. The Balaban J connectivity index is 1.20. The van der Waals surface area contributed by atoms with E-state index in [9.17, 15) is 4.79 Å². The van der Waals surface area contributed by atoms with Crippen LogP contribution in [0, 0.1) is 0 Å². The van der Waals surface area contributed by atoms with E-state index in [1.807, 2.05) is 53.4 Å². The Morgan fingerprint density at radius 3 is 2.93 bits per heavy atom. The first-order valence-electron chi connectivity index (χ1n) is 10.2. The van der Waals surface area contributed by atoms with E-state index >= 15 is 0 Å². The molecule has 0 spiro atoms. The SMILES string of the molecule is O=C(NCc1ccc2c(c1)OCO2)N1CCCC(c2nc(-c3ccccc3)n[nH]2)C1. The Kier molecular flexibility index (Phi) is 4.96. The van der Waals surface area contributed by atoms with Crippen molar-refractivity contribution < 1.29 is 14.3 Å². The molecule has 5 rings (SSSR count). The summed E-state index contributed by atoms with van der Waals surface area (Å²) in [5.74, 6) is 3.14. The van der Waals surface area contributed by atoms with Gasteiger partial charge >= 0.3 is 6.03 Å². The third-order valence-corrected chi connectivity index (χ3v) is 5.51. The number of fused-ring (bicyclic) bond motifs is 1. The lowest BCUT2D eigenvalue weighted by atomic mass is 9.97. The molecule has 154 valence electrons. The van der Waals surface area contributed by atoms with Crippen molar-refractivity contribution in [3.8, 4) is 22.9 Å². The molecule has 0 aliphatic carbocycles. The zero-order valence-corrected chi connectivity index (χ0v) is 16.5. The van der Waals surface area contributed by atoms with Gasteiger partial charge in [-0.1, -0.05) is 36.4 Å². The summed E-state index contributed by atoms with van der Waals surface area (Å²) in [7, 11) is 0. The van der Waals surface area contributed by atoms with E-state index in [0.717, 1.165) is 47.8 Å². The number of likely N-dealkylation sites (tertiary alicyclic amines) is 1. The van der Waals surface area contributed by atoms with Crippen LogP contribution in [0.1, 0.15) is 30.1 Å². The van der Waals surface area contributed by atoms with Gasteiger partial charge in [0.25, 0.3) is 0 Å². The molecular weight excluding hydrogens is 382 g/mol. The lowest BCUT2D eigenvalue weighted by Crippen LogP contribution is -2.44. The summed E-state index contributed by atoms with van der Waals surface area (Å²) >= 11 is 0. The van der Waals surface area contributed by atoms with Gasteiger partial charge in [-0.3, -0.25) is 5.10 Å². The first kappa shape index (κ1) is 18.5. The van der Waals surface area contributed by atoms with Crippen LogP contribution in [0.4, 0.5) is 4.79 Å². The highest BCUT2D eigenvalue weighted by Crippen LogP contribution is 2.32. The Labute approximate surface area is 174 Å². The van der Waals surface area contributed by atoms with Crippen LogP contribution in [0.15, 0.2) is 48.5 Å². The number of nitrogens with zero attached hydrogens (tertiary/aromatic N) is 3. The quantitative estimate of drug-likeness (QED) is 0.695. The smallest absolute Gasteiger partial charge is 0.317 e. The van der Waals surface area contributed by atoms with Crippen LogP contribution in [0.25, 0.3) is 11.4 Å². The van der Waals surface area contributed by atoms with E-state index in [0.29, 0.717) is 18.9 Å². The van der Waals surface area contributed by atoms with Crippen molar-refractivity contribution in [2.45, 2.75) is 25.3 Å². The Hall–Kier alpha value is -3.55. The van der Waals surface area contributed by atoms with E-state index in [-0.39, 0.29) is 18.7 Å². The topological polar surface area (TPSA) is 92.4 Å². The van der Waals surface area contributed by atoms with Crippen molar-refractivity contribution in [3.63, 3.8) is 0 Å². The summed E-state index contributed by atoms with van der Waals surface area (Å²) in [5.41, 5.74) is 1.96. The molecule has 0 bridgehead atoms. The van der Waals surface area contributed by atoms with Gasteiger partial charge in [0.1, 0.15) is 5.82 Å². The van der Waals surface area contributed by atoms with Gasteiger partial charge in [0.05, 0.1) is 0 Å². The minimum atomic E-state index is -0.0693. The summed E-state index contributed by atoms with van der Waals surface area (Å²) in [6, 6.07) is 15.5. The third-order valence-electron chi connectivity index (χ3n) is 5.51. The minimum absolute atomic E-state index is 0.0693. The largest absolute Gasteiger partial charge is 0.454 e. The fourth-order valence-electron chi connectivity index (χ4n) is 3.90. The fraction of sp³-hybridized carbons (Fsp3) is 0.318. The van der Waals surface area contributed by atoms with Gasteiger partial charge in [0, 0.05) is 31.1 Å². The standard InChI is InChI=1S/C22H23N5O3/c28-22(23-12-15-8-9-18-19(11-15)30-14-29-18)27-10-4-7-17(13-27)21-24-20(25-26-21)16-5-2-1-3-6-16/h1-3,5-6,8-9,11,17H,4,7,10,12-14H2,(H,23,28)(H,24,25,26). The average Bonchev–Trinajstić information content (AvgIpc) is 3.47. The first-order chi connectivity index (χ1) is 14.8. The molecule has 2 N–H and O–H groups in total. The number of nitrogens with one attached hydrogen (secondary N) is 2. The number of hydrogen-bond donors (Lipinski definition) is 2. The number of H-pyrrole nitrogens is 1. The number of aromatic nitrogens is 3. The zero-order valence-electron chi connectivity index (χ0n) is 16.5. The molecule has 1 unspecified atom stereocenters. The Morgan fingerprint density at radius 2 is 2.03 bits per heavy atom.